The molecule has 2 heterocycles. The molecule has 2 aromatic rings. The van der Waals surface area contributed by atoms with Gasteiger partial charge in [-0.3, -0.25) is 4.79 Å². The number of allylic oxidation sites excluding steroid dienone is 4. The van der Waals surface area contributed by atoms with Crippen LogP contribution in [0.3, 0.4) is 0 Å². The maximum Gasteiger partial charge on any atom is 0.316 e. The van der Waals surface area contributed by atoms with Crippen molar-refractivity contribution in [3.63, 3.8) is 0 Å². The Bertz CT molecular complexity index is 1030. The summed E-state index contributed by atoms with van der Waals surface area (Å²) in [4.78, 5) is 20.7. The van der Waals surface area contributed by atoms with E-state index in [9.17, 15) is 4.79 Å². The third-order valence-corrected chi connectivity index (χ3v) is 7.19. The van der Waals surface area contributed by atoms with Gasteiger partial charge in [0.05, 0.1) is 24.5 Å². The van der Waals surface area contributed by atoms with Crippen molar-refractivity contribution in [1.29, 1.82) is 0 Å². The van der Waals surface area contributed by atoms with Gasteiger partial charge < -0.3 is 9.47 Å². The van der Waals surface area contributed by atoms with Crippen LogP contribution >= 0.6 is 11.8 Å². The van der Waals surface area contributed by atoms with E-state index in [0.29, 0.717) is 35.2 Å². The van der Waals surface area contributed by atoms with Crippen LogP contribution in [0.1, 0.15) is 112 Å². The Morgan fingerprint density at radius 1 is 0.897 bits per heavy atom. The average molecular weight is 559 g/mol. The standard InChI is InChI=1S/C31H50N4O3S/c1-6-8-9-10-11-12-13-14-15-16-17-18-19-20-21-22-23-38-30-28-27(34-35(30)31(3,4)5)29(33-25-32-28)39-24-26(36)37-7-2/h11-12,14-15,25H,6-10,13,16-24H2,1-5H3/b12-11-,15-14-. The lowest BCUT2D eigenvalue weighted by atomic mass is 10.1. The number of unbranched alkanes of at least 4 members (excludes halogenated alkanes) is 9. The first-order chi connectivity index (χ1) is 18.9. The van der Waals surface area contributed by atoms with Gasteiger partial charge in [-0.25, -0.2) is 14.6 Å². The lowest BCUT2D eigenvalue weighted by Crippen LogP contribution is -2.24. The number of esters is 1. The number of rotatable bonds is 20. The Hall–Kier alpha value is -2.35. The van der Waals surface area contributed by atoms with Gasteiger partial charge in [-0.05, 0) is 66.2 Å². The quantitative estimate of drug-likeness (QED) is 0.0530. The van der Waals surface area contributed by atoms with Gasteiger partial charge in [0, 0.05) is 0 Å². The van der Waals surface area contributed by atoms with Crippen LogP contribution in [0, 0.1) is 0 Å². The van der Waals surface area contributed by atoms with E-state index in [1.54, 1.807) is 6.92 Å². The van der Waals surface area contributed by atoms with E-state index in [1.807, 2.05) is 4.68 Å². The second-order valence-electron chi connectivity index (χ2n) is 10.8. The number of aromatic nitrogens is 4. The second kappa shape index (κ2) is 18.9. The van der Waals surface area contributed by atoms with Gasteiger partial charge in [0.2, 0.25) is 5.88 Å². The Labute approximate surface area is 240 Å². The maximum atomic E-state index is 11.8. The molecule has 0 amide bonds. The van der Waals surface area contributed by atoms with E-state index in [0.717, 1.165) is 19.3 Å². The Kier molecular flexibility index (Phi) is 15.9. The Morgan fingerprint density at radius 2 is 1.56 bits per heavy atom. The van der Waals surface area contributed by atoms with Crippen LogP contribution in [0.4, 0.5) is 0 Å². The summed E-state index contributed by atoms with van der Waals surface area (Å²) in [7, 11) is 0. The van der Waals surface area contributed by atoms with Crippen molar-refractivity contribution in [3.05, 3.63) is 30.6 Å². The van der Waals surface area contributed by atoms with Crippen LogP contribution in [-0.2, 0) is 15.1 Å². The fourth-order valence-electron chi connectivity index (χ4n) is 4.13. The number of ether oxygens (including phenoxy) is 2. The first-order valence-corrected chi connectivity index (χ1v) is 15.8. The van der Waals surface area contributed by atoms with Crippen LogP contribution < -0.4 is 4.74 Å². The highest BCUT2D eigenvalue weighted by Gasteiger charge is 2.25. The van der Waals surface area contributed by atoms with Crippen molar-refractivity contribution in [1.82, 2.24) is 19.7 Å². The minimum absolute atomic E-state index is 0.186. The molecule has 0 aliphatic rings. The fourth-order valence-corrected chi connectivity index (χ4v) is 4.87. The molecule has 0 aromatic carbocycles. The summed E-state index contributed by atoms with van der Waals surface area (Å²) in [5, 5.41) is 5.45. The topological polar surface area (TPSA) is 79.1 Å². The molecule has 2 rings (SSSR count). The summed E-state index contributed by atoms with van der Waals surface area (Å²) < 4.78 is 13.2. The Morgan fingerprint density at radius 3 is 2.23 bits per heavy atom. The lowest BCUT2D eigenvalue weighted by molar-refractivity contribution is -0.139. The van der Waals surface area contributed by atoms with Crippen LogP contribution in [0.15, 0.2) is 35.7 Å². The van der Waals surface area contributed by atoms with E-state index >= 15 is 0 Å². The Balaban J connectivity index is 1.72. The van der Waals surface area contributed by atoms with E-state index < -0.39 is 0 Å². The van der Waals surface area contributed by atoms with E-state index in [4.69, 9.17) is 14.6 Å². The molecule has 0 atom stereocenters. The smallest absolute Gasteiger partial charge is 0.316 e. The van der Waals surface area contributed by atoms with Crippen molar-refractivity contribution >= 4 is 28.8 Å². The highest BCUT2D eigenvalue weighted by molar-refractivity contribution is 8.00. The van der Waals surface area contributed by atoms with Crippen molar-refractivity contribution in [2.24, 2.45) is 0 Å². The summed E-state index contributed by atoms with van der Waals surface area (Å²) in [6, 6.07) is 0. The van der Waals surface area contributed by atoms with Crippen LogP contribution in [0.2, 0.25) is 0 Å². The first-order valence-electron chi connectivity index (χ1n) is 14.8. The molecule has 0 bridgehead atoms. The molecule has 0 spiro atoms. The molecule has 0 unspecified atom stereocenters. The summed E-state index contributed by atoms with van der Waals surface area (Å²) in [5.74, 6) is 0.588. The molecule has 8 heteroatoms. The molecular formula is C31H50N4O3S. The summed E-state index contributed by atoms with van der Waals surface area (Å²) >= 11 is 1.32. The predicted molar refractivity (Wildman–Crippen MR) is 163 cm³/mol. The third kappa shape index (κ3) is 12.6. The van der Waals surface area contributed by atoms with E-state index in [1.165, 1.54) is 75.9 Å². The lowest BCUT2D eigenvalue weighted by Gasteiger charge is -2.21. The van der Waals surface area contributed by atoms with E-state index in [2.05, 4.69) is 62.0 Å². The summed E-state index contributed by atoms with van der Waals surface area (Å²) in [6.45, 7) is 11.3. The molecule has 0 aliphatic heterocycles. The molecule has 0 N–H and O–H groups in total. The molecular weight excluding hydrogens is 508 g/mol. The number of thioether (sulfide) groups is 1. The summed E-state index contributed by atoms with van der Waals surface area (Å²) in [5.41, 5.74) is 1.07. The van der Waals surface area contributed by atoms with Crippen LogP contribution in [-0.4, -0.2) is 44.7 Å². The molecule has 2 aromatic heterocycles. The number of carbonyl (C=O) groups excluding carboxylic acids is 1. The highest BCUT2D eigenvalue weighted by atomic mass is 32.2. The maximum absolute atomic E-state index is 11.8. The number of fused-ring (bicyclic) bond motifs is 1. The van der Waals surface area contributed by atoms with Gasteiger partial charge in [0.25, 0.3) is 0 Å². The van der Waals surface area contributed by atoms with Gasteiger partial charge in [-0.15, -0.1) is 0 Å². The van der Waals surface area contributed by atoms with Gasteiger partial charge in [0.1, 0.15) is 16.9 Å². The summed E-state index contributed by atoms with van der Waals surface area (Å²) in [6.07, 6.45) is 25.3. The number of hydrogen-bond acceptors (Lipinski definition) is 7. The molecule has 0 fully saturated rings. The molecule has 0 saturated carbocycles. The van der Waals surface area contributed by atoms with Crippen molar-refractivity contribution in [2.75, 3.05) is 19.0 Å². The van der Waals surface area contributed by atoms with Crippen molar-refractivity contribution in [2.45, 2.75) is 122 Å². The van der Waals surface area contributed by atoms with Gasteiger partial charge in [-0.2, -0.15) is 5.10 Å². The van der Waals surface area contributed by atoms with Crippen molar-refractivity contribution < 1.29 is 14.3 Å². The second-order valence-corrected chi connectivity index (χ2v) is 11.8. The average Bonchev–Trinajstić information content (AvgIpc) is 3.29. The van der Waals surface area contributed by atoms with Crippen LogP contribution in [0.25, 0.3) is 11.0 Å². The molecule has 39 heavy (non-hydrogen) atoms. The minimum atomic E-state index is -0.279. The largest absolute Gasteiger partial charge is 0.476 e. The monoisotopic (exact) mass is 558 g/mol. The van der Waals surface area contributed by atoms with Crippen LogP contribution in [0.5, 0.6) is 5.88 Å². The van der Waals surface area contributed by atoms with Gasteiger partial charge in [-0.1, -0.05) is 81.5 Å². The zero-order chi connectivity index (χ0) is 28.3. The minimum Gasteiger partial charge on any atom is -0.476 e. The first kappa shape index (κ1) is 32.9. The molecule has 0 saturated heterocycles. The molecule has 0 radical (unpaired) electrons. The zero-order valence-electron chi connectivity index (χ0n) is 24.9. The molecule has 7 nitrogen and oxygen atoms in total. The zero-order valence-corrected chi connectivity index (χ0v) is 25.7. The SMILES string of the molecule is CCCCC/C=C\C/C=C\CCCCCCCCOc1c2ncnc(SCC(=O)OCC)c2nn1C(C)(C)C. The normalized spacial score (nSPS) is 12.2. The van der Waals surface area contributed by atoms with Crippen molar-refractivity contribution in [3.8, 4) is 5.88 Å². The predicted octanol–water partition coefficient (Wildman–Crippen LogP) is 8.43. The third-order valence-electron chi connectivity index (χ3n) is 6.23. The highest BCUT2D eigenvalue weighted by Crippen LogP contribution is 2.33. The van der Waals surface area contributed by atoms with E-state index in [-0.39, 0.29) is 17.3 Å². The molecule has 0 aliphatic carbocycles. The molecule has 218 valence electrons. The number of carbonyl (C=O) groups is 1. The fraction of sp³-hybridized carbons (Fsp3) is 0.677. The number of nitrogens with zero attached hydrogens (tertiary/aromatic N) is 4. The number of hydrogen-bond donors (Lipinski definition) is 0. The van der Waals surface area contributed by atoms with Gasteiger partial charge in [0.15, 0.2) is 5.52 Å². The van der Waals surface area contributed by atoms with Gasteiger partial charge >= 0.3 is 5.97 Å².